The van der Waals surface area contributed by atoms with Crippen LogP contribution in [0.2, 0.25) is 0 Å². The Morgan fingerprint density at radius 2 is 1.64 bits per heavy atom. The fourth-order valence-electron chi connectivity index (χ4n) is 2.12. The Morgan fingerprint density at radius 1 is 1.05 bits per heavy atom. The van der Waals surface area contributed by atoms with Crippen molar-refractivity contribution in [3.63, 3.8) is 0 Å². The largest absolute Gasteiger partial charge is 0.269 e. The predicted molar refractivity (Wildman–Crippen MR) is 84.3 cm³/mol. The van der Waals surface area contributed by atoms with Crippen LogP contribution in [0.3, 0.4) is 0 Å². The first-order valence-electron chi connectivity index (χ1n) is 6.53. The summed E-state index contributed by atoms with van der Waals surface area (Å²) in [6.07, 6.45) is 0. The number of hydrogen-bond acceptors (Lipinski definition) is 4. The topological polar surface area (TPSA) is 56.0 Å². The monoisotopic (exact) mass is 314 g/mol. The van der Waals surface area contributed by atoms with Crippen LogP contribution in [-0.4, -0.2) is 9.91 Å². The summed E-state index contributed by atoms with van der Waals surface area (Å²) in [5.74, 6) is -0.285. The van der Waals surface area contributed by atoms with Crippen LogP contribution >= 0.6 is 11.3 Å². The molecule has 0 bridgehead atoms. The van der Waals surface area contributed by atoms with Gasteiger partial charge in [-0.3, -0.25) is 10.1 Å². The highest BCUT2D eigenvalue weighted by atomic mass is 32.1. The van der Waals surface area contributed by atoms with Gasteiger partial charge in [-0.1, -0.05) is 0 Å². The van der Waals surface area contributed by atoms with Crippen molar-refractivity contribution in [1.29, 1.82) is 0 Å². The zero-order valence-corrected chi connectivity index (χ0v) is 12.4. The molecule has 22 heavy (non-hydrogen) atoms. The maximum absolute atomic E-state index is 13.0. The highest BCUT2D eigenvalue weighted by Gasteiger charge is 2.12. The normalized spacial score (nSPS) is 10.6. The van der Waals surface area contributed by atoms with Crippen LogP contribution < -0.4 is 0 Å². The summed E-state index contributed by atoms with van der Waals surface area (Å²) in [6.45, 7) is 1.95. The van der Waals surface area contributed by atoms with Gasteiger partial charge >= 0.3 is 0 Å². The van der Waals surface area contributed by atoms with Gasteiger partial charge in [-0.2, -0.15) is 0 Å². The molecule has 6 heteroatoms. The van der Waals surface area contributed by atoms with Gasteiger partial charge in [0.15, 0.2) is 0 Å². The smallest absolute Gasteiger partial charge is 0.258 e. The Labute approximate surface area is 130 Å². The summed E-state index contributed by atoms with van der Waals surface area (Å²) in [7, 11) is 0. The van der Waals surface area contributed by atoms with Crippen molar-refractivity contribution in [3.8, 4) is 21.8 Å². The first-order valence-corrected chi connectivity index (χ1v) is 7.34. The van der Waals surface area contributed by atoms with Crippen molar-refractivity contribution in [2.45, 2.75) is 6.92 Å². The number of aryl methyl sites for hydroxylation is 1. The van der Waals surface area contributed by atoms with Crippen LogP contribution in [0.25, 0.3) is 21.8 Å². The van der Waals surface area contributed by atoms with E-state index in [4.69, 9.17) is 0 Å². The molecule has 3 rings (SSSR count). The summed E-state index contributed by atoms with van der Waals surface area (Å²) in [5.41, 5.74) is 2.53. The number of nitro benzene ring substituents is 1. The van der Waals surface area contributed by atoms with Crippen molar-refractivity contribution in [1.82, 2.24) is 4.98 Å². The lowest BCUT2D eigenvalue weighted by atomic mass is 10.1. The first-order chi connectivity index (χ1) is 10.5. The second-order valence-electron chi connectivity index (χ2n) is 4.73. The van der Waals surface area contributed by atoms with E-state index in [1.807, 2.05) is 6.92 Å². The minimum Gasteiger partial charge on any atom is -0.258 e. The summed E-state index contributed by atoms with van der Waals surface area (Å²) >= 11 is 1.51. The number of benzene rings is 2. The van der Waals surface area contributed by atoms with Crippen molar-refractivity contribution in [2.24, 2.45) is 0 Å². The van der Waals surface area contributed by atoms with Crippen LogP contribution in [0.5, 0.6) is 0 Å². The molecule has 110 valence electrons. The van der Waals surface area contributed by atoms with Gasteiger partial charge in [0, 0.05) is 28.1 Å². The standard InChI is InChI=1S/C16H11FN2O2S/c1-10-15(11-2-6-13(17)7-3-11)18-16(22-10)12-4-8-14(9-5-12)19(20)21/h2-9H,1H3. The molecule has 0 N–H and O–H groups in total. The van der Waals surface area contributed by atoms with Gasteiger partial charge in [0.1, 0.15) is 10.8 Å². The van der Waals surface area contributed by atoms with E-state index in [2.05, 4.69) is 4.98 Å². The van der Waals surface area contributed by atoms with Gasteiger partial charge in [-0.05, 0) is 43.3 Å². The van der Waals surface area contributed by atoms with E-state index >= 15 is 0 Å². The van der Waals surface area contributed by atoms with Gasteiger partial charge in [0.2, 0.25) is 0 Å². The summed E-state index contributed by atoms with van der Waals surface area (Å²) in [4.78, 5) is 15.8. The Kier molecular flexibility index (Phi) is 3.68. The molecule has 0 spiro atoms. The second-order valence-corrected chi connectivity index (χ2v) is 5.94. The SMILES string of the molecule is Cc1sc(-c2ccc([N+](=O)[O-])cc2)nc1-c1ccc(F)cc1. The van der Waals surface area contributed by atoms with Crippen LogP contribution in [0.4, 0.5) is 10.1 Å². The third kappa shape index (κ3) is 2.73. The van der Waals surface area contributed by atoms with Crippen LogP contribution in [-0.2, 0) is 0 Å². The molecule has 3 aromatic rings. The predicted octanol–water partition coefficient (Wildman–Crippen LogP) is 4.83. The van der Waals surface area contributed by atoms with E-state index < -0.39 is 4.92 Å². The van der Waals surface area contributed by atoms with Crippen molar-refractivity contribution < 1.29 is 9.31 Å². The van der Waals surface area contributed by atoms with Crippen molar-refractivity contribution >= 4 is 17.0 Å². The fourth-order valence-corrected chi connectivity index (χ4v) is 3.06. The zero-order valence-electron chi connectivity index (χ0n) is 11.6. The number of nitro groups is 1. The molecular formula is C16H11FN2O2S. The summed E-state index contributed by atoms with van der Waals surface area (Å²) in [5, 5.41) is 11.5. The van der Waals surface area contributed by atoms with Crippen molar-refractivity contribution in [3.05, 3.63) is 69.3 Å². The fraction of sp³-hybridized carbons (Fsp3) is 0.0625. The number of thiazole rings is 1. The average Bonchev–Trinajstić information content (AvgIpc) is 2.90. The van der Waals surface area contributed by atoms with Crippen molar-refractivity contribution in [2.75, 3.05) is 0 Å². The molecule has 0 fully saturated rings. The van der Waals surface area contributed by atoms with E-state index in [1.165, 1.54) is 35.6 Å². The molecule has 0 radical (unpaired) electrons. The number of hydrogen-bond donors (Lipinski definition) is 0. The van der Waals surface area contributed by atoms with E-state index in [-0.39, 0.29) is 11.5 Å². The molecule has 0 atom stereocenters. The molecule has 0 unspecified atom stereocenters. The Balaban J connectivity index is 1.98. The number of rotatable bonds is 3. The van der Waals surface area contributed by atoms with Gasteiger partial charge in [-0.25, -0.2) is 9.37 Å². The lowest BCUT2D eigenvalue weighted by Gasteiger charge is -1.98. The highest BCUT2D eigenvalue weighted by molar-refractivity contribution is 7.15. The maximum Gasteiger partial charge on any atom is 0.269 e. The van der Waals surface area contributed by atoms with Gasteiger partial charge < -0.3 is 0 Å². The Hall–Kier alpha value is -2.60. The lowest BCUT2D eigenvalue weighted by Crippen LogP contribution is -1.87. The summed E-state index contributed by atoms with van der Waals surface area (Å²) in [6, 6.07) is 12.5. The number of halogens is 1. The third-order valence-electron chi connectivity index (χ3n) is 3.24. The molecule has 0 saturated carbocycles. The molecule has 4 nitrogen and oxygen atoms in total. The third-order valence-corrected chi connectivity index (χ3v) is 4.26. The molecule has 0 aliphatic heterocycles. The van der Waals surface area contributed by atoms with E-state index in [0.717, 1.165) is 26.7 Å². The van der Waals surface area contributed by atoms with Gasteiger partial charge in [0.25, 0.3) is 5.69 Å². The zero-order chi connectivity index (χ0) is 15.7. The molecule has 0 saturated heterocycles. The minimum atomic E-state index is -0.430. The van der Waals surface area contributed by atoms with Crippen LogP contribution in [0.1, 0.15) is 4.88 Å². The minimum absolute atomic E-state index is 0.0517. The maximum atomic E-state index is 13.0. The Morgan fingerprint density at radius 3 is 2.23 bits per heavy atom. The number of aromatic nitrogens is 1. The van der Waals surface area contributed by atoms with E-state index in [0.29, 0.717) is 0 Å². The summed E-state index contributed by atoms with van der Waals surface area (Å²) < 4.78 is 13.0. The molecule has 0 aliphatic rings. The average molecular weight is 314 g/mol. The lowest BCUT2D eigenvalue weighted by molar-refractivity contribution is -0.384. The quantitative estimate of drug-likeness (QED) is 0.514. The van der Waals surface area contributed by atoms with Gasteiger partial charge in [-0.15, -0.1) is 11.3 Å². The van der Waals surface area contributed by atoms with E-state index in [9.17, 15) is 14.5 Å². The molecule has 0 aliphatic carbocycles. The highest BCUT2D eigenvalue weighted by Crippen LogP contribution is 2.33. The van der Waals surface area contributed by atoms with Gasteiger partial charge in [0.05, 0.1) is 10.6 Å². The first kappa shape index (κ1) is 14.3. The molecule has 2 aromatic carbocycles. The molecule has 1 aromatic heterocycles. The second kappa shape index (κ2) is 5.65. The van der Waals surface area contributed by atoms with E-state index in [1.54, 1.807) is 24.3 Å². The molecule has 0 amide bonds. The number of non-ortho nitro benzene ring substituents is 1. The molecular weight excluding hydrogens is 303 g/mol. The Bertz CT molecular complexity index is 826. The number of nitrogens with zero attached hydrogens (tertiary/aromatic N) is 2. The molecule has 1 heterocycles. The van der Waals surface area contributed by atoms with Crippen LogP contribution in [0, 0.1) is 22.9 Å². The van der Waals surface area contributed by atoms with Crippen LogP contribution in [0.15, 0.2) is 48.5 Å².